The van der Waals surface area contributed by atoms with E-state index in [0.717, 1.165) is 21.0 Å². The molecule has 0 radical (unpaired) electrons. The Kier molecular flexibility index (Phi) is 7.81. The van der Waals surface area contributed by atoms with Crippen LogP contribution in [0.4, 0.5) is 10.8 Å². The molecule has 0 bridgehead atoms. The molecule has 0 fully saturated rings. The van der Waals surface area contributed by atoms with E-state index in [0.29, 0.717) is 5.75 Å². The van der Waals surface area contributed by atoms with Gasteiger partial charge in [-0.05, 0) is 50.2 Å². The molecule has 2 N–H and O–H groups in total. The summed E-state index contributed by atoms with van der Waals surface area (Å²) in [5.41, 5.74) is 1.81. The molecule has 0 aliphatic carbocycles. The van der Waals surface area contributed by atoms with Crippen molar-refractivity contribution < 1.29 is 23.1 Å². The van der Waals surface area contributed by atoms with Crippen LogP contribution in [0.5, 0.6) is 5.75 Å². The molecule has 3 rings (SSSR count). The third-order valence-corrected chi connectivity index (χ3v) is 6.69. The van der Waals surface area contributed by atoms with Gasteiger partial charge >= 0.3 is 7.60 Å². The number of aromatic nitrogens is 1. The van der Waals surface area contributed by atoms with E-state index in [2.05, 4.69) is 15.6 Å². The Labute approximate surface area is 179 Å². The molecule has 0 aliphatic heterocycles. The van der Waals surface area contributed by atoms with Crippen LogP contribution in [0.2, 0.25) is 0 Å². The highest BCUT2D eigenvalue weighted by atomic mass is 32.1. The van der Waals surface area contributed by atoms with Gasteiger partial charge < -0.3 is 24.4 Å². The molecule has 3 aromatic rings. The van der Waals surface area contributed by atoms with Gasteiger partial charge in [0.1, 0.15) is 12.0 Å². The zero-order chi connectivity index (χ0) is 21.4. The fourth-order valence-electron chi connectivity index (χ4n) is 2.59. The van der Waals surface area contributed by atoms with Crippen LogP contribution in [-0.2, 0) is 18.4 Å². The van der Waals surface area contributed by atoms with Gasteiger partial charge in [-0.1, -0.05) is 23.5 Å². The minimum Gasteiger partial charge on any atom is -0.484 e. The average molecular weight is 449 g/mol. The van der Waals surface area contributed by atoms with Gasteiger partial charge in [0, 0.05) is 5.69 Å². The van der Waals surface area contributed by atoms with Gasteiger partial charge in [-0.3, -0.25) is 9.36 Å². The van der Waals surface area contributed by atoms with Gasteiger partial charge in [-0.2, -0.15) is 0 Å². The molecular weight excluding hydrogens is 425 g/mol. The third-order valence-electron chi connectivity index (χ3n) is 3.89. The Morgan fingerprint density at radius 3 is 2.43 bits per heavy atom. The molecule has 0 saturated carbocycles. The SMILES string of the molecule is CCOP(=O)(CNC(=O)COc1ccc(Nc2nc3ccccc3s2)cc1)OCC. The van der Waals surface area contributed by atoms with Crippen molar-refractivity contribution >= 4 is 45.9 Å². The first-order valence-corrected chi connectivity index (χ1v) is 12.1. The minimum atomic E-state index is -3.32. The maximum Gasteiger partial charge on any atom is 0.349 e. The molecule has 30 heavy (non-hydrogen) atoms. The van der Waals surface area contributed by atoms with Crippen LogP contribution < -0.4 is 15.4 Å². The summed E-state index contributed by atoms with van der Waals surface area (Å²) >= 11 is 1.57. The lowest BCUT2D eigenvalue weighted by molar-refractivity contribution is -0.122. The molecule has 10 heteroatoms. The Morgan fingerprint density at radius 2 is 1.77 bits per heavy atom. The molecule has 2 aromatic carbocycles. The van der Waals surface area contributed by atoms with E-state index >= 15 is 0 Å². The quantitative estimate of drug-likeness (QED) is 0.407. The number of anilines is 2. The van der Waals surface area contributed by atoms with Crippen molar-refractivity contribution in [1.82, 2.24) is 10.3 Å². The van der Waals surface area contributed by atoms with Crippen molar-refractivity contribution in [2.45, 2.75) is 13.8 Å². The van der Waals surface area contributed by atoms with Crippen molar-refractivity contribution in [3.8, 4) is 5.75 Å². The van der Waals surface area contributed by atoms with Crippen LogP contribution in [0, 0.1) is 0 Å². The Balaban J connectivity index is 1.48. The first-order valence-electron chi connectivity index (χ1n) is 9.51. The van der Waals surface area contributed by atoms with Crippen molar-refractivity contribution in [3.05, 3.63) is 48.5 Å². The maximum absolute atomic E-state index is 12.3. The summed E-state index contributed by atoms with van der Waals surface area (Å²) in [5, 5.41) is 6.59. The van der Waals surface area contributed by atoms with Crippen LogP contribution in [-0.4, -0.2) is 37.0 Å². The van der Waals surface area contributed by atoms with Gasteiger partial charge in [0.05, 0.1) is 23.4 Å². The lowest BCUT2D eigenvalue weighted by atomic mass is 10.3. The molecule has 0 spiro atoms. The molecule has 0 saturated heterocycles. The first kappa shape index (κ1) is 22.2. The second-order valence-corrected chi connectivity index (χ2v) is 9.21. The van der Waals surface area contributed by atoms with Crippen LogP contribution in [0.1, 0.15) is 13.8 Å². The van der Waals surface area contributed by atoms with E-state index in [-0.39, 0.29) is 26.1 Å². The van der Waals surface area contributed by atoms with Gasteiger partial charge in [-0.25, -0.2) is 4.98 Å². The van der Waals surface area contributed by atoms with Crippen molar-refractivity contribution in [3.63, 3.8) is 0 Å². The number of carbonyl (C=O) groups excluding carboxylic acids is 1. The van der Waals surface area contributed by atoms with Crippen LogP contribution in [0.15, 0.2) is 48.5 Å². The van der Waals surface area contributed by atoms with Crippen LogP contribution in [0.25, 0.3) is 10.2 Å². The zero-order valence-electron chi connectivity index (χ0n) is 16.8. The second-order valence-electron chi connectivity index (χ2n) is 6.13. The van der Waals surface area contributed by atoms with Gasteiger partial charge in [0.25, 0.3) is 5.91 Å². The number of hydrogen-bond acceptors (Lipinski definition) is 8. The number of hydrogen-bond donors (Lipinski definition) is 2. The zero-order valence-corrected chi connectivity index (χ0v) is 18.5. The Morgan fingerprint density at radius 1 is 1.07 bits per heavy atom. The fraction of sp³-hybridized carbons (Fsp3) is 0.300. The third kappa shape index (κ3) is 6.27. The number of nitrogens with zero attached hydrogens (tertiary/aromatic N) is 1. The molecule has 8 nitrogen and oxygen atoms in total. The van der Waals surface area contributed by atoms with E-state index < -0.39 is 13.5 Å². The normalized spacial score (nSPS) is 11.4. The molecule has 0 atom stereocenters. The van der Waals surface area contributed by atoms with E-state index in [1.807, 2.05) is 36.4 Å². The predicted molar refractivity (Wildman–Crippen MR) is 119 cm³/mol. The Hall–Kier alpha value is -2.45. The number of nitrogens with one attached hydrogen (secondary N) is 2. The van der Waals surface area contributed by atoms with E-state index in [4.69, 9.17) is 13.8 Å². The number of carbonyl (C=O) groups is 1. The number of para-hydroxylation sites is 1. The maximum atomic E-state index is 12.3. The molecule has 0 aliphatic rings. The largest absolute Gasteiger partial charge is 0.484 e. The predicted octanol–water partition coefficient (Wildman–Crippen LogP) is 4.76. The van der Waals surface area contributed by atoms with Gasteiger partial charge in [-0.15, -0.1) is 0 Å². The smallest absolute Gasteiger partial charge is 0.349 e. The summed E-state index contributed by atoms with van der Waals surface area (Å²) in [6.45, 7) is 3.70. The fourth-order valence-corrected chi connectivity index (χ4v) is 4.89. The number of ether oxygens (including phenoxy) is 1. The summed E-state index contributed by atoms with van der Waals surface area (Å²) in [5.74, 6) is 0.129. The average Bonchev–Trinajstić information content (AvgIpc) is 3.14. The highest BCUT2D eigenvalue weighted by Crippen LogP contribution is 2.46. The molecular formula is C20H24N3O5PS. The second kappa shape index (κ2) is 10.5. The van der Waals surface area contributed by atoms with Crippen molar-refractivity contribution in [1.29, 1.82) is 0 Å². The van der Waals surface area contributed by atoms with Crippen molar-refractivity contribution in [2.24, 2.45) is 0 Å². The van der Waals surface area contributed by atoms with E-state index in [1.54, 1.807) is 37.3 Å². The van der Waals surface area contributed by atoms with E-state index in [9.17, 15) is 9.36 Å². The molecule has 1 aromatic heterocycles. The number of fused-ring (bicyclic) bond motifs is 1. The number of rotatable bonds is 11. The molecule has 0 unspecified atom stereocenters. The molecule has 1 amide bonds. The summed E-state index contributed by atoms with van der Waals surface area (Å²) in [6, 6.07) is 15.2. The highest BCUT2D eigenvalue weighted by molar-refractivity contribution is 7.53. The Bertz CT molecular complexity index is 982. The van der Waals surface area contributed by atoms with Gasteiger partial charge in [0.2, 0.25) is 0 Å². The highest BCUT2D eigenvalue weighted by Gasteiger charge is 2.24. The van der Waals surface area contributed by atoms with Crippen LogP contribution in [0.3, 0.4) is 0 Å². The molecule has 160 valence electrons. The summed E-state index contributed by atoms with van der Waals surface area (Å²) < 4.78 is 29.2. The van der Waals surface area contributed by atoms with E-state index in [1.165, 1.54) is 0 Å². The summed E-state index contributed by atoms with van der Waals surface area (Å²) in [7, 11) is -3.32. The number of benzene rings is 2. The number of amides is 1. The molecule has 1 heterocycles. The minimum absolute atomic E-state index is 0.193. The lowest BCUT2D eigenvalue weighted by Gasteiger charge is -2.17. The monoisotopic (exact) mass is 449 g/mol. The first-order chi connectivity index (χ1) is 14.5. The van der Waals surface area contributed by atoms with Crippen LogP contribution >= 0.6 is 18.9 Å². The standard InChI is InChI=1S/C20H24N3O5PS/c1-3-27-29(25,28-4-2)14-21-19(24)13-26-16-11-9-15(10-12-16)22-20-23-17-7-5-6-8-18(17)30-20/h5-12H,3-4,13-14H2,1-2H3,(H,21,24)(H,22,23). The van der Waals surface area contributed by atoms with Gasteiger partial charge in [0.15, 0.2) is 11.7 Å². The number of thiazole rings is 1. The lowest BCUT2D eigenvalue weighted by Crippen LogP contribution is -2.30. The van der Waals surface area contributed by atoms with Crippen molar-refractivity contribution in [2.75, 3.05) is 31.4 Å². The topological polar surface area (TPSA) is 98.8 Å². The summed E-state index contributed by atoms with van der Waals surface area (Å²) in [4.78, 5) is 16.5. The summed E-state index contributed by atoms with van der Waals surface area (Å²) in [6.07, 6.45) is -0.193.